The molecule has 1 saturated carbocycles. The molecule has 0 radical (unpaired) electrons. The van der Waals surface area contributed by atoms with Gasteiger partial charge >= 0.3 is 6.09 Å². The number of benzene rings is 2. The second-order valence-corrected chi connectivity index (χ2v) is 16.3. The first-order valence-electron chi connectivity index (χ1n) is 17.2. The van der Waals surface area contributed by atoms with Crippen molar-refractivity contribution in [1.29, 1.82) is 0 Å². The number of nitrogens with one attached hydrogen (secondary N) is 1. The number of hydrogen-bond donors (Lipinski definition) is 1. The summed E-state index contributed by atoms with van der Waals surface area (Å²) in [6, 6.07) is 13.5. The topological polar surface area (TPSA) is 131 Å². The summed E-state index contributed by atoms with van der Waals surface area (Å²) in [4.78, 5) is 39.8. The Morgan fingerprint density at radius 1 is 1.02 bits per heavy atom. The Labute approximate surface area is 289 Å². The van der Waals surface area contributed by atoms with Gasteiger partial charge in [0, 0.05) is 36.3 Å². The minimum atomic E-state index is -4.15. The average Bonchev–Trinajstić information content (AvgIpc) is 3.02. The lowest BCUT2D eigenvalue weighted by molar-refractivity contribution is -0.0521. The van der Waals surface area contributed by atoms with E-state index in [2.05, 4.69) is 28.5 Å². The van der Waals surface area contributed by atoms with E-state index in [1.807, 2.05) is 50.8 Å². The van der Waals surface area contributed by atoms with Crippen LogP contribution in [0.3, 0.4) is 0 Å². The van der Waals surface area contributed by atoms with E-state index >= 15 is 0 Å². The first-order chi connectivity index (χ1) is 23.2. The van der Waals surface area contributed by atoms with Crippen LogP contribution >= 0.6 is 0 Å². The van der Waals surface area contributed by atoms with Crippen LogP contribution in [0.1, 0.15) is 81.3 Å². The molecule has 6 rings (SSSR count). The van der Waals surface area contributed by atoms with Crippen LogP contribution in [0.2, 0.25) is 0 Å². The number of hydrogen-bond acceptors (Lipinski definition) is 8. The zero-order valence-electron chi connectivity index (χ0n) is 29.2. The molecule has 3 aromatic rings. The number of sulfonamides is 1. The number of carbonyl (C=O) groups excluding carboxylic acids is 2. The van der Waals surface area contributed by atoms with E-state index in [9.17, 15) is 18.0 Å². The van der Waals surface area contributed by atoms with Gasteiger partial charge in [-0.3, -0.25) is 4.79 Å². The zero-order valence-corrected chi connectivity index (χ0v) is 30.0. The molecule has 4 bridgehead atoms. The number of nitrogens with zero attached hydrogens (tertiary/aromatic N) is 4. The van der Waals surface area contributed by atoms with E-state index < -0.39 is 10.0 Å². The molecule has 1 aliphatic carbocycles. The van der Waals surface area contributed by atoms with Crippen molar-refractivity contribution in [1.82, 2.24) is 19.8 Å². The number of carbonyl (C=O) groups is 2. The predicted molar refractivity (Wildman–Crippen MR) is 187 cm³/mol. The molecule has 1 spiro atoms. The van der Waals surface area contributed by atoms with Crippen LogP contribution in [0.4, 0.5) is 10.7 Å². The Balaban J connectivity index is 1.35. The zero-order chi connectivity index (χ0) is 35.1. The van der Waals surface area contributed by atoms with E-state index in [4.69, 9.17) is 9.47 Å². The monoisotopic (exact) mass is 689 g/mol. The number of ether oxygens (including phenoxy) is 2. The summed E-state index contributed by atoms with van der Waals surface area (Å²) in [5.41, 5.74) is 3.72. The van der Waals surface area contributed by atoms with Crippen molar-refractivity contribution in [3.63, 3.8) is 0 Å². The largest absolute Gasteiger partial charge is 0.475 e. The smallest absolute Gasteiger partial charge is 0.410 e. The molecule has 262 valence electrons. The second kappa shape index (κ2) is 13.6. The third kappa shape index (κ3) is 7.39. The van der Waals surface area contributed by atoms with Gasteiger partial charge in [-0.05, 0) is 100 Å². The number of rotatable bonds is 5. The van der Waals surface area contributed by atoms with Crippen LogP contribution < -0.4 is 9.46 Å². The van der Waals surface area contributed by atoms with Crippen LogP contribution in [0.5, 0.6) is 5.88 Å². The fourth-order valence-electron chi connectivity index (χ4n) is 7.62. The quantitative estimate of drug-likeness (QED) is 0.317. The van der Waals surface area contributed by atoms with Gasteiger partial charge in [-0.15, -0.1) is 0 Å². The maximum Gasteiger partial charge on any atom is 0.410 e. The number of aryl methyl sites for hydroxylation is 2. The van der Waals surface area contributed by atoms with Crippen LogP contribution in [0.15, 0.2) is 53.4 Å². The molecule has 3 aliphatic rings. The Morgan fingerprint density at radius 2 is 1.69 bits per heavy atom. The van der Waals surface area contributed by atoms with Gasteiger partial charge in [0.25, 0.3) is 15.9 Å². The van der Waals surface area contributed by atoms with E-state index in [0.29, 0.717) is 30.8 Å². The van der Waals surface area contributed by atoms with E-state index in [1.54, 1.807) is 23.1 Å². The molecule has 3 heterocycles. The van der Waals surface area contributed by atoms with Crippen LogP contribution in [0, 0.1) is 25.2 Å². The molecule has 2 aromatic carbocycles. The van der Waals surface area contributed by atoms with Crippen molar-refractivity contribution < 1.29 is 27.5 Å². The number of fused-ring (bicyclic) bond motifs is 4. The number of piperidine rings is 1. The van der Waals surface area contributed by atoms with Gasteiger partial charge < -0.3 is 19.3 Å². The fraction of sp³-hybridized carbons (Fsp3) is 0.514. The molecule has 2 amide bonds. The normalized spacial score (nSPS) is 20.5. The van der Waals surface area contributed by atoms with E-state index in [1.165, 1.54) is 12.1 Å². The number of amides is 2. The molecule has 49 heavy (non-hydrogen) atoms. The SMILES string of the molecule is Cc1cccc(C)c1-c1cc2nc(n1)NS(=O)(=O)c1cccc(c1)C(=O)N(C1CC3(CCN(C(=O)OC(C)C)CC3)C1)[C@H](CC(C)C)CO2. The highest BCUT2D eigenvalue weighted by Crippen LogP contribution is 2.52. The van der Waals surface area contributed by atoms with Crippen molar-refractivity contribution in [2.24, 2.45) is 11.3 Å². The highest BCUT2D eigenvalue weighted by molar-refractivity contribution is 7.92. The molecule has 1 saturated heterocycles. The minimum absolute atomic E-state index is 0.0287. The molecular weight excluding hydrogens is 643 g/mol. The Morgan fingerprint density at radius 3 is 2.35 bits per heavy atom. The molecule has 12 heteroatoms. The van der Waals surface area contributed by atoms with Crippen LogP contribution in [-0.4, -0.2) is 78.1 Å². The summed E-state index contributed by atoms with van der Waals surface area (Å²) in [7, 11) is -4.15. The lowest BCUT2D eigenvalue weighted by atomic mass is 9.59. The molecule has 2 aliphatic heterocycles. The predicted octanol–water partition coefficient (Wildman–Crippen LogP) is 6.60. The molecule has 11 nitrogen and oxygen atoms in total. The standard InChI is InChI=1S/C37H47N5O6S/c1-23(2)17-28-22-47-32-19-31(33-25(5)9-7-10-26(33)6)38-35(39-32)40-49(45,46)30-12-8-11-27(18-30)34(43)42(28)29-20-37(21-29)13-15-41(16-14-37)36(44)48-24(3)4/h7-12,18-19,23-24,28-29H,13-17,20-22H2,1-6H3,(H,38,39,40)/t28-/m1/s1. The first-order valence-corrected chi connectivity index (χ1v) is 18.7. The molecule has 1 N–H and O–H groups in total. The first kappa shape index (κ1) is 34.7. The van der Waals surface area contributed by atoms with E-state index in [0.717, 1.165) is 42.4 Å². The summed E-state index contributed by atoms with van der Waals surface area (Å²) in [6.45, 7) is 13.3. The van der Waals surface area contributed by atoms with Gasteiger partial charge in [0.2, 0.25) is 11.8 Å². The van der Waals surface area contributed by atoms with Gasteiger partial charge in [0.05, 0.1) is 22.7 Å². The van der Waals surface area contributed by atoms with Gasteiger partial charge in [0.15, 0.2) is 0 Å². The third-order valence-electron chi connectivity index (χ3n) is 10.0. The van der Waals surface area contributed by atoms with E-state index in [-0.39, 0.29) is 64.9 Å². The van der Waals surface area contributed by atoms with Crippen molar-refractivity contribution in [2.75, 3.05) is 24.4 Å². The molecule has 2 fully saturated rings. The molecule has 1 aromatic heterocycles. The number of likely N-dealkylation sites (tertiary alicyclic amines) is 1. The molecular formula is C37H47N5O6S. The molecule has 1 atom stereocenters. The number of anilines is 1. The fourth-order valence-corrected chi connectivity index (χ4v) is 8.61. The summed E-state index contributed by atoms with van der Waals surface area (Å²) in [6.07, 6.45) is 3.52. The highest BCUT2D eigenvalue weighted by Gasteiger charge is 2.51. The average molecular weight is 690 g/mol. The Bertz CT molecular complexity index is 1810. The summed E-state index contributed by atoms with van der Waals surface area (Å²) < 4.78 is 41.8. The highest BCUT2D eigenvalue weighted by atomic mass is 32.2. The van der Waals surface area contributed by atoms with Crippen molar-refractivity contribution in [2.45, 2.75) is 96.7 Å². The molecule has 0 unspecified atom stereocenters. The lowest BCUT2D eigenvalue weighted by Gasteiger charge is -2.56. The Hall–Kier alpha value is -4.19. The maximum atomic E-state index is 14.5. The van der Waals surface area contributed by atoms with Gasteiger partial charge in [0.1, 0.15) is 6.61 Å². The van der Waals surface area contributed by atoms with Gasteiger partial charge in [-0.25, -0.2) is 22.9 Å². The van der Waals surface area contributed by atoms with Crippen molar-refractivity contribution >= 4 is 28.0 Å². The maximum absolute atomic E-state index is 14.5. The minimum Gasteiger partial charge on any atom is -0.475 e. The Kier molecular flexibility index (Phi) is 9.63. The van der Waals surface area contributed by atoms with Gasteiger partial charge in [-0.1, -0.05) is 38.1 Å². The summed E-state index contributed by atoms with van der Waals surface area (Å²) in [5.74, 6) is 0.150. The number of aromatic nitrogens is 2. The summed E-state index contributed by atoms with van der Waals surface area (Å²) in [5, 5.41) is 0. The van der Waals surface area contributed by atoms with Crippen LogP contribution in [0.25, 0.3) is 11.3 Å². The third-order valence-corrected chi connectivity index (χ3v) is 11.3. The lowest BCUT2D eigenvalue weighted by Crippen LogP contribution is -2.60. The van der Waals surface area contributed by atoms with Crippen LogP contribution in [-0.2, 0) is 14.8 Å². The van der Waals surface area contributed by atoms with Crippen molar-refractivity contribution in [3.8, 4) is 17.1 Å². The summed E-state index contributed by atoms with van der Waals surface area (Å²) >= 11 is 0. The van der Waals surface area contributed by atoms with Crippen molar-refractivity contribution in [3.05, 3.63) is 65.2 Å². The van der Waals surface area contributed by atoms with Gasteiger partial charge in [-0.2, -0.15) is 4.98 Å². The second-order valence-electron chi connectivity index (χ2n) is 14.6.